The molecule has 0 aliphatic heterocycles. The zero-order valence-electron chi connectivity index (χ0n) is 16.7. The lowest BCUT2D eigenvalue weighted by atomic mass is 10.1. The standard InChI is InChI=1S/C20H16Cl2F3N5O2/c1-3-26-18(31)12-8-11(21)7-10(2)16(12)28-19(32)14-9-15(20(23,24)25)29-30(14)17-13(22)5-4-6-27-17/h4-9H,3H2,1-2H3,(H,26,31)(H,28,32). The van der Waals surface area contributed by atoms with Gasteiger partial charge in [0.25, 0.3) is 11.8 Å². The van der Waals surface area contributed by atoms with Crippen molar-refractivity contribution in [1.29, 1.82) is 0 Å². The molecule has 2 amide bonds. The van der Waals surface area contributed by atoms with E-state index < -0.39 is 29.4 Å². The summed E-state index contributed by atoms with van der Waals surface area (Å²) in [7, 11) is 0. The highest BCUT2D eigenvalue weighted by Crippen LogP contribution is 2.31. The summed E-state index contributed by atoms with van der Waals surface area (Å²) in [4.78, 5) is 29.4. The lowest BCUT2D eigenvalue weighted by molar-refractivity contribution is -0.141. The topological polar surface area (TPSA) is 88.9 Å². The van der Waals surface area contributed by atoms with Crippen molar-refractivity contribution in [1.82, 2.24) is 20.1 Å². The van der Waals surface area contributed by atoms with Crippen molar-refractivity contribution in [2.75, 3.05) is 11.9 Å². The molecule has 0 fully saturated rings. The van der Waals surface area contributed by atoms with Gasteiger partial charge in [0.05, 0.1) is 16.3 Å². The number of nitrogens with zero attached hydrogens (tertiary/aromatic N) is 3. The van der Waals surface area contributed by atoms with Crippen LogP contribution in [0.3, 0.4) is 0 Å². The molecule has 168 valence electrons. The SMILES string of the molecule is CCNC(=O)c1cc(Cl)cc(C)c1NC(=O)c1cc(C(F)(F)F)nn1-c1ncccc1Cl. The van der Waals surface area contributed by atoms with Crippen molar-refractivity contribution < 1.29 is 22.8 Å². The van der Waals surface area contributed by atoms with E-state index in [4.69, 9.17) is 23.2 Å². The molecule has 12 heteroatoms. The maximum Gasteiger partial charge on any atom is 0.435 e. The minimum absolute atomic E-state index is 0.0101. The fraction of sp³-hybridized carbons (Fsp3) is 0.200. The first kappa shape index (κ1) is 23.6. The first-order valence-electron chi connectivity index (χ1n) is 9.20. The van der Waals surface area contributed by atoms with E-state index in [2.05, 4.69) is 20.7 Å². The number of pyridine rings is 1. The summed E-state index contributed by atoms with van der Waals surface area (Å²) in [5.74, 6) is -1.62. The molecule has 0 radical (unpaired) electrons. The van der Waals surface area contributed by atoms with E-state index in [-0.39, 0.29) is 27.1 Å². The molecule has 0 saturated carbocycles. The third-order valence-corrected chi connectivity index (χ3v) is 4.81. The van der Waals surface area contributed by atoms with Gasteiger partial charge in [0.1, 0.15) is 5.69 Å². The Hall–Kier alpha value is -3.11. The molecule has 1 aromatic carbocycles. The number of aromatic nitrogens is 3. The van der Waals surface area contributed by atoms with E-state index in [0.717, 1.165) is 0 Å². The third kappa shape index (κ3) is 4.86. The van der Waals surface area contributed by atoms with Gasteiger partial charge in [-0.1, -0.05) is 23.2 Å². The Labute approximate surface area is 190 Å². The van der Waals surface area contributed by atoms with E-state index in [1.54, 1.807) is 13.8 Å². The summed E-state index contributed by atoms with van der Waals surface area (Å²) in [6.07, 6.45) is -3.52. The quantitative estimate of drug-likeness (QED) is 0.537. The average molecular weight is 486 g/mol. The van der Waals surface area contributed by atoms with Crippen LogP contribution in [0.5, 0.6) is 0 Å². The molecular formula is C20H16Cl2F3N5O2. The van der Waals surface area contributed by atoms with Crippen molar-refractivity contribution in [2.45, 2.75) is 20.0 Å². The Kier molecular flexibility index (Phi) is 6.75. The second-order valence-corrected chi connectivity index (χ2v) is 7.44. The highest BCUT2D eigenvalue weighted by atomic mass is 35.5. The molecule has 7 nitrogen and oxygen atoms in total. The number of amides is 2. The molecule has 32 heavy (non-hydrogen) atoms. The zero-order valence-corrected chi connectivity index (χ0v) is 18.2. The summed E-state index contributed by atoms with van der Waals surface area (Å²) in [5, 5.41) is 8.82. The number of alkyl halides is 3. The predicted molar refractivity (Wildman–Crippen MR) is 114 cm³/mol. The summed E-state index contributed by atoms with van der Waals surface area (Å²) < 4.78 is 40.7. The number of hydrogen-bond acceptors (Lipinski definition) is 4. The number of halogens is 5. The van der Waals surface area contributed by atoms with Gasteiger partial charge in [-0.3, -0.25) is 9.59 Å². The van der Waals surface area contributed by atoms with Gasteiger partial charge in [-0.05, 0) is 43.7 Å². The van der Waals surface area contributed by atoms with Crippen molar-refractivity contribution in [3.05, 3.63) is 69.1 Å². The van der Waals surface area contributed by atoms with Crippen LogP contribution in [0.15, 0.2) is 36.5 Å². The van der Waals surface area contributed by atoms with Gasteiger partial charge < -0.3 is 10.6 Å². The second-order valence-electron chi connectivity index (χ2n) is 6.59. The molecule has 0 saturated heterocycles. The average Bonchev–Trinajstić information content (AvgIpc) is 3.16. The number of aryl methyl sites for hydroxylation is 1. The molecular weight excluding hydrogens is 470 g/mol. The van der Waals surface area contributed by atoms with Crippen molar-refractivity contribution in [2.24, 2.45) is 0 Å². The number of rotatable bonds is 5. The molecule has 0 aliphatic rings. The van der Waals surface area contributed by atoms with Crippen LogP contribution in [0.2, 0.25) is 10.0 Å². The summed E-state index contributed by atoms with van der Waals surface area (Å²) in [5.41, 5.74) is -1.19. The Morgan fingerprint density at radius 1 is 1.16 bits per heavy atom. The zero-order chi connectivity index (χ0) is 23.6. The Bertz CT molecular complexity index is 1190. The normalized spacial score (nSPS) is 11.3. The van der Waals surface area contributed by atoms with Crippen molar-refractivity contribution in [3.63, 3.8) is 0 Å². The van der Waals surface area contributed by atoms with E-state index in [0.29, 0.717) is 22.9 Å². The summed E-state index contributed by atoms with van der Waals surface area (Å²) in [6, 6.07) is 6.32. The van der Waals surface area contributed by atoms with Crippen LogP contribution >= 0.6 is 23.2 Å². The van der Waals surface area contributed by atoms with Crippen LogP contribution in [-0.4, -0.2) is 33.1 Å². The predicted octanol–water partition coefficient (Wildman–Crippen LogP) is 4.90. The fourth-order valence-corrected chi connectivity index (χ4v) is 3.37. The van der Waals surface area contributed by atoms with Gasteiger partial charge >= 0.3 is 6.18 Å². The lowest BCUT2D eigenvalue weighted by Gasteiger charge is -2.15. The Morgan fingerprint density at radius 2 is 1.88 bits per heavy atom. The van der Waals surface area contributed by atoms with Crippen LogP contribution in [0.1, 0.15) is 39.0 Å². The molecule has 2 aromatic heterocycles. The van der Waals surface area contributed by atoms with Crippen molar-refractivity contribution >= 4 is 40.7 Å². The second kappa shape index (κ2) is 9.17. The third-order valence-electron chi connectivity index (χ3n) is 4.29. The fourth-order valence-electron chi connectivity index (χ4n) is 2.90. The van der Waals surface area contributed by atoms with Crippen LogP contribution in [0.4, 0.5) is 18.9 Å². The number of anilines is 1. The largest absolute Gasteiger partial charge is 0.435 e. The smallest absolute Gasteiger partial charge is 0.352 e. The summed E-state index contributed by atoms with van der Waals surface area (Å²) >= 11 is 12.1. The molecule has 2 heterocycles. The monoisotopic (exact) mass is 485 g/mol. The van der Waals surface area contributed by atoms with E-state index in [1.807, 2.05) is 0 Å². The molecule has 0 unspecified atom stereocenters. The summed E-state index contributed by atoms with van der Waals surface area (Å²) in [6.45, 7) is 3.62. The molecule has 2 N–H and O–H groups in total. The van der Waals surface area contributed by atoms with Gasteiger partial charge in [0.15, 0.2) is 11.5 Å². The van der Waals surface area contributed by atoms with Crippen LogP contribution < -0.4 is 10.6 Å². The molecule has 0 aliphatic carbocycles. The maximum absolute atomic E-state index is 13.3. The number of benzene rings is 1. The van der Waals surface area contributed by atoms with Gasteiger partial charge in [-0.15, -0.1) is 0 Å². The number of carbonyl (C=O) groups is 2. The highest BCUT2D eigenvalue weighted by molar-refractivity contribution is 6.32. The van der Waals surface area contributed by atoms with E-state index in [9.17, 15) is 22.8 Å². The lowest BCUT2D eigenvalue weighted by Crippen LogP contribution is -2.26. The molecule has 3 aromatic rings. The molecule has 0 bridgehead atoms. The van der Waals surface area contributed by atoms with Gasteiger partial charge in [0, 0.05) is 23.8 Å². The van der Waals surface area contributed by atoms with Gasteiger partial charge in [-0.25, -0.2) is 9.67 Å². The van der Waals surface area contributed by atoms with E-state index in [1.165, 1.54) is 30.5 Å². The molecule has 0 atom stereocenters. The first-order valence-corrected chi connectivity index (χ1v) is 9.96. The number of nitrogens with one attached hydrogen (secondary N) is 2. The molecule has 0 spiro atoms. The van der Waals surface area contributed by atoms with Gasteiger partial charge in [-0.2, -0.15) is 18.3 Å². The van der Waals surface area contributed by atoms with Crippen LogP contribution in [0.25, 0.3) is 5.82 Å². The minimum Gasteiger partial charge on any atom is -0.352 e. The number of hydrogen-bond donors (Lipinski definition) is 2. The van der Waals surface area contributed by atoms with Crippen molar-refractivity contribution in [3.8, 4) is 5.82 Å². The minimum atomic E-state index is -4.82. The highest BCUT2D eigenvalue weighted by Gasteiger charge is 2.36. The van der Waals surface area contributed by atoms with Crippen LogP contribution in [0, 0.1) is 6.92 Å². The maximum atomic E-state index is 13.3. The van der Waals surface area contributed by atoms with Crippen LogP contribution in [-0.2, 0) is 6.18 Å². The van der Waals surface area contributed by atoms with E-state index >= 15 is 0 Å². The van der Waals surface area contributed by atoms with Gasteiger partial charge in [0.2, 0.25) is 0 Å². The number of carbonyl (C=O) groups excluding carboxylic acids is 2. The first-order chi connectivity index (χ1) is 15.0. The Balaban J connectivity index is 2.11. The Morgan fingerprint density at radius 3 is 2.50 bits per heavy atom. The molecule has 3 rings (SSSR count).